The highest BCUT2D eigenvalue weighted by Gasteiger charge is 2.11. The minimum absolute atomic E-state index is 0.699. The van der Waals surface area contributed by atoms with Crippen LogP contribution in [0.15, 0.2) is 70.5 Å². The van der Waals surface area contributed by atoms with Crippen molar-refractivity contribution in [2.45, 2.75) is 54.1 Å². The van der Waals surface area contributed by atoms with Crippen molar-refractivity contribution in [2.75, 3.05) is 5.75 Å². The summed E-state index contributed by atoms with van der Waals surface area (Å²) >= 11 is 4.04. The van der Waals surface area contributed by atoms with Crippen LogP contribution >= 0.6 is 23.5 Å². The number of benzene rings is 2. The molecule has 0 fully saturated rings. The Morgan fingerprint density at radius 3 is 2.05 bits per heavy atom. The van der Waals surface area contributed by atoms with Crippen molar-refractivity contribution in [1.82, 2.24) is 0 Å². The first-order chi connectivity index (χ1) is 10.9. The average Bonchev–Trinajstić information content (AvgIpc) is 2.58. The van der Waals surface area contributed by atoms with E-state index in [0.717, 1.165) is 0 Å². The molecule has 1 unspecified atom stereocenters. The quantitative estimate of drug-likeness (QED) is 0.343. The van der Waals surface area contributed by atoms with E-state index in [-0.39, 0.29) is 0 Å². The van der Waals surface area contributed by atoms with Crippen LogP contribution in [-0.2, 0) is 0 Å². The Balaban J connectivity index is 1.86. The Morgan fingerprint density at radius 1 is 0.773 bits per heavy atom. The minimum Gasteiger partial charge on any atom is -0.125 e. The molecule has 0 heterocycles. The molecule has 2 aromatic rings. The number of hydrogen-bond acceptors (Lipinski definition) is 2. The highest BCUT2D eigenvalue weighted by Crippen LogP contribution is 2.31. The SMILES string of the molecule is CCCCCCC(CSc1ccccc1)Sc1ccccc1. The topological polar surface area (TPSA) is 0 Å². The van der Waals surface area contributed by atoms with Crippen molar-refractivity contribution < 1.29 is 0 Å². The van der Waals surface area contributed by atoms with Gasteiger partial charge in [0.05, 0.1) is 0 Å². The van der Waals surface area contributed by atoms with E-state index >= 15 is 0 Å². The highest BCUT2D eigenvalue weighted by molar-refractivity contribution is 8.03. The fraction of sp³-hybridized carbons (Fsp3) is 0.400. The van der Waals surface area contributed by atoms with Crippen LogP contribution in [0.2, 0.25) is 0 Å². The van der Waals surface area contributed by atoms with Crippen molar-refractivity contribution in [1.29, 1.82) is 0 Å². The second kappa shape index (κ2) is 10.8. The third kappa shape index (κ3) is 6.93. The molecule has 0 nitrogen and oxygen atoms in total. The molecule has 0 aliphatic carbocycles. The lowest BCUT2D eigenvalue weighted by atomic mass is 10.1. The van der Waals surface area contributed by atoms with Gasteiger partial charge in [-0.1, -0.05) is 69.0 Å². The van der Waals surface area contributed by atoms with Crippen LogP contribution in [0.4, 0.5) is 0 Å². The van der Waals surface area contributed by atoms with Crippen molar-refractivity contribution in [3.63, 3.8) is 0 Å². The fourth-order valence-corrected chi connectivity index (χ4v) is 4.73. The summed E-state index contributed by atoms with van der Waals surface area (Å²) in [5, 5.41) is 0.699. The molecular weight excluding hydrogens is 304 g/mol. The molecule has 0 aliphatic heterocycles. The zero-order chi connectivity index (χ0) is 15.5. The van der Waals surface area contributed by atoms with E-state index in [1.165, 1.54) is 47.6 Å². The Kier molecular flexibility index (Phi) is 8.59. The van der Waals surface area contributed by atoms with Gasteiger partial charge < -0.3 is 0 Å². The van der Waals surface area contributed by atoms with Crippen LogP contribution in [0.1, 0.15) is 39.0 Å². The summed E-state index contributed by atoms with van der Waals surface area (Å²) in [4.78, 5) is 2.78. The monoisotopic (exact) mass is 330 g/mol. The predicted molar refractivity (Wildman–Crippen MR) is 102 cm³/mol. The van der Waals surface area contributed by atoms with E-state index in [2.05, 4.69) is 67.6 Å². The minimum atomic E-state index is 0.699. The van der Waals surface area contributed by atoms with Gasteiger partial charge in [-0.3, -0.25) is 0 Å². The van der Waals surface area contributed by atoms with E-state index < -0.39 is 0 Å². The van der Waals surface area contributed by atoms with Crippen LogP contribution < -0.4 is 0 Å². The lowest BCUT2D eigenvalue weighted by molar-refractivity contribution is 0.632. The molecule has 0 amide bonds. The molecule has 2 aromatic carbocycles. The van der Waals surface area contributed by atoms with Gasteiger partial charge in [-0.15, -0.1) is 23.5 Å². The van der Waals surface area contributed by atoms with E-state index in [4.69, 9.17) is 0 Å². The molecule has 118 valence electrons. The maximum absolute atomic E-state index is 2.28. The fourth-order valence-electron chi connectivity index (χ4n) is 2.37. The van der Waals surface area contributed by atoms with E-state index in [0.29, 0.717) is 5.25 Å². The van der Waals surface area contributed by atoms with Gasteiger partial charge in [0.2, 0.25) is 0 Å². The Bertz CT molecular complexity index is 496. The molecule has 2 heteroatoms. The summed E-state index contributed by atoms with van der Waals surface area (Å²) in [6.07, 6.45) is 6.73. The normalized spacial score (nSPS) is 12.2. The van der Waals surface area contributed by atoms with Crippen LogP contribution in [-0.4, -0.2) is 11.0 Å². The first-order valence-corrected chi connectivity index (χ1v) is 10.1. The van der Waals surface area contributed by atoms with Crippen molar-refractivity contribution in [2.24, 2.45) is 0 Å². The van der Waals surface area contributed by atoms with E-state index in [1.807, 2.05) is 23.5 Å². The highest BCUT2D eigenvalue weighted by atomic mass is 32.2. The van der Waals surface area contributed by atoms with Gasteiger partial charge in [0.25, 0.3) is 0 Å². The van der Waals surface area contributed by atoms with Gasteiger partial charge in [-0.05, 0) is 30.7 Å². The zero-order valence-electron chi connectivity index (χ0n) is 13.4. The van der Waals surface area contributed by atoms with E-state index in [1.54, 1.807) is 0 Å². The molecule has 0 saturated carbocycles. The summed E-state index contributed by atoms with van der Waals surface area (Å²) in [6, 6.07) is 21.6. The Labute approximate surface area is 144 Å². The van der Waals surface area contributed by atoms with Gasteiger partial charge in [-0.2, -0.15) is 0 Å². The average molecular weight is 331 g/mol. The molecule has 22 heavy (non-hydrogen) atoms. The van der Waals surface area contributed by atoms with Crippen molar-refractivity contribution in [3.8, 4) is 0 Å². The zero-order valence-corrected chi connectivity index (χ0v) is 15.0. The summed E-state index contributed by atoms with van der Waals surface area (Å²) in [6.45, 7) is 2.28. The number of rotatable bonds is 10. The molecular formula is C20H26S2. The lowest BCUT2D eigenvalue weighted by Gasteiger charge is -2.16. The third-order valence-electron chi connectivity index (χ3n) is 3.60. The first kappa shape index (κ1) is 17.5. The molecule has 0 aromatic heterocycles. The van der Waals surface area contributed by atoms with Crippen molar-refractivity contribution in [3.05, 3.63) is 60.7 Å². The summed E-state index contributed by atoms with van der Waals surface area (Å²) in [7, 11) is 0. The molecule has 0 aliphatic rings. The van der Waals surface area contributed by atoms with E-state index in [9.17, 15) is 0 Å². The summed E-state index contributed by atoms with van der Waals surface area (Å²) < 4.78 is 0. The van der Waals surface area contributed by atoms with Crippen LogP contribution in [0.25, 0.3) is 0 Å². The molecule has 1 atom stereocenters. The second-order valence-electron chi connectivity index (χ2n) is 5.53. The molecule has 2 rings (SSSR count). The number of hydrogen-bond donors (Lipinski definition) is 0. The van der Waals surface area contributed by atoms with Crippen LogP contribution in [0.3, 0.4) is 0 Å². The van der Waals surface area contributed by atoms with Gasteiger partial charge in [0.15, 0.2) is 0 Å². The number of unbranched alkanes of at least 4 members (excludes halogenated alkanes) is 3. The lowest BCUT2D eigenvalue weighted by Crippen LogP contribution is -2.06. The molecule has 0 N–H and O–H groups in total. The van der Waals surface area contributed by atoms with Crippen LogP contribution in [0, 0.1) is 0 Å². The third-order valence-corrected chi connectivity index (χ3v) is 6.27. The number of thioether (sulfide) groups is 2. The molecule has 0 spiro atoms. The standard InChI is InChI=1S/C20H26S2/c1-2-3-4-7-16-20(22-19-14-10-6-11-15-19)17-21-18-12-8-5-9-13-18/h5-6,8-15,20H,2-4,7,16-17H2,1H3. The van der Waals surface area contributed by atoms with Crippen LogP contribution in [0.5, 0.6) is 0 Å². The smallest absolute Gasteiger partial charge is 0.0188 e. The Hall–Kier alpha value is -0.860. The molecule has 0 radical (unpaired) electrons. The van der Waals surface area contributed by atoms with Gasteiger partial charge >= 0.3 is 0 Å². The van der Waals surface area contributed by atoms with Gasteiger partial charge in [0.1, 0.15) is 0 Å². The molecule has 0 saturated heterocycles. The van der Waals surface area contributed by atoms with Gasteiger partial charge in [-0.25, -0.2) is 0 Å². The predicted octanol–water partition coefficient (Wildman–Crippen LogP) is 6.91. The second-order valence-corrected chi connectivity index (χ2v) is 7.99. The summed E-state index contributed by atoms with van der Waals surface area (Å²) in [5.41, 5.74) is 0. The maximum atomic E-state index is 2.28. The largest absolute Gasteiger partial charge is 0.125 e. The Morgan fingerprint density at radius 2 is 1.41 bits per heavy atom. The first-order valence-electron chi connectivity index (χ1n) is 8.28. The molecule has 0 bridgehead atoms. The summed E-state index contributed by atoms with van der Waals surface area (Å²) in [5.74, 6) is 1.19. The van der Waals surface area contributed by atoms with Gasteiger partial charge in [0, 0.05) is 20.8 Å². The maximum Gasteiger partial charge on any atom is 0.0188 e. The van der Waals surface area contributed by atoms with Crippen molar-refractivity contribution >= 4 is 23.5 Å².